The maximum atomic E-state index is 12.1. The molecule has 0 spiro atoms. The zero-order valence-corrected chi connectivity index (χ0v) is 11.5. The Bertz CT molecular complexity index is 529. The van der Waals surface area contributed by atoms with Crippen LogP contribution in [0, 0.1) is 0 Å². The van der Waals surface area contributed by atoms with Crippen LogP contribution < -0.4 is 0 Å². The minimum atomic E-state index is -3.47. The van der Waals surface area contributed by atoms with E-state index < -0.39 is 20.8 Å². The Balaban J connectivity index is 2.98. The van der Waals surface area contributed by atoms with Gasteiger partial charge in [-0.3, -0.25) is 4.79 Å². The molecule has 1 atom stereocenters. The molecule has 0 fully saturated rings. The van der Waals surface area contributed by atoms with Crippen LogP contribution in [-0.4, -0.2) is 25.2 Å². The van der Waals surface area contributed by atoms with Gasteiger partial charge in [0.2, 0.25) is 0 Å². The molecule has 1 aromatic carbocycles. The van der Waals surface area contributed by atoms with Gasteiger partial charge in [-0.05, 0) is 25.8 Å². The van der Waals surface area contributed by atoms with Crippen molar-refractivity contribution in [2.75, 3.05) is 5.75 Å². The van der Waals surface area contributed by atoms with E-state index >= 15 is 0 Å². The highest BCUT2D eigenvalue weighted by Gasteiger charge is 2.27. The van der Waals surface area contributed by atoms with E-state index in [0.29, 0.717) is 12.0 Å². The SMILES string of the molecule is C=C(C)[C@H](Cc1ccccc1)S(=O)(=O)CC(C)=O. The average Bonchev–Trinajstić information content (AvgIpc) is 2.25. The average molecular weight is 266 g/mol. The Morgan fingerprint density at radius 1 is 1.22 bits per heavy atom. The summed E-state index contributed by atoms with van der Waals surface area (Å²) in [7, 11) is -3.47. The maximum absolute atomic E-state index is 12.1. The third-order valence-corrected chi connectivity index (χ3v) is 4.90. The topological polar surface area (TPSA) is 51.2 Å². The van der Waals surface area contributed by atoms with Gasteiger partial charge in [-0.15, -0.1) is 0 Å². The van der Waals surface area contributed by atoms with E-state index in [0.717, 1.165) is 5.56 Å². The van der Waals surface area contributed by atoms with E-state index in [9.17, 15) is 13.2 Å². The van der Waals surface area contributed by atoms with Gasteiger partial charge >= 0.3 is 0 Å². The minimum absolute atomic E-state index is 0.339. The summed E-state index contributed by atoms with van der Waals surface area (Å²) < 4.78 is 24.2. The van der Waals surface area contributed by atoms with Crippen LogP contribution >= 0.6 is 0 Å². The quantitative estimate of drug-likeness (QED) is 0.742. The van der Waals surface area contributed by atoms with Crippen molar-refractivity contribution in [3.8, 4) is 0 Å². The monoisotopic (exact) mass is 266 g/mol. The third-order valence-electron chi connectivity index (χ3n) is 2.65. The fourth-order valence-electron chi connectivity index (χ4n) is 1.82. The van der Waals surface area contributed by atoms with Crippen molar-refractivity contribution < 1.29 is 13.2 Å². The van der Waals surface area contributed by atoms with E-state index in [-0.39, 0.29) is 5.78 Å². The molecule has 0 aliphatic heterocycles. The molecule has 0 aromatic heterocycles. The lowest BCUT2D eigenvalue weighted by Crippen LogP contribution is -2.29. The van der Waals surface area contributed by atoms with Crippen molar-refractivity contribution in [1.29, 1.82) is 0 Å². The highest BCUT2D eigenvalue weighted by molar-refractivity contribution is 7.92. The molecule has 1 aromatic rings. The van der Waals surface area contributed by atoms with Crippen LogP contribution in [0.1, 0.15) is 19.4 Å². The van der Waals surface area contributed by atoms with Crippen molar-refractivity contribution in [1.82, 2.24) is 0 Å². The highest BCUT2D eigenvalue weighted by atomic mass is 32.2. The van der Waals surface area contributed by atoms with Crippen LogP contribution in [-0.2, 0) is 21.1 Å². The first kappa shape index (κ1) is 14.6. The standard InChI is InChI=1S/C14H18O3S/c1-11(2)14(18(16,17)10-12(3)15)9-13-7-5-4-6-8-13/h4-8,14H,1,9-10H2,2-3H3/t14-/m0/s1. The first-order valence-corrected chi connectivity index (χ1v) is 7.45. The van der Waals surface area contributed by atoms with Crippen molar-refractivity contribution in [2.24, 2.45) is 0 Å². The molecule has 0 saturated carbocycles. The molecule has 0 heterocycles. The van der Waals surface area contributed by atoms with Gasteiger partial charge in [0.05, 0.1) is 5.25 Å². The smallest absolute Gasteiger partial charge is 0.164 e. The number of Topliss-reactive ketones (excluding diaryl/α,β-unsaturated/α-hetero) is 1. The van der Waals surface area contributed by atoms with Crippen LogP contribution in [0.15, 0.2) is 42.5 Å². The molecule has 0 N–H and O–H groups in total. The number of rotatable bonds is 6. The summed E-state index contributed by atoms with van der Waals surface area (Å²) in [5, 5.41) is -0.691. The van der Waals surface area contributed by atoms with Gasteiger partial charge < -0.3 is 0 Å². The van der Waals surface area contributed by atoms with Crippen LogP contribution in [0.4, 0.5) is 0 Å². The minimum Gasteiger partial charge on any atom is -0.299 e. The van der Waals surface area contributed by atoms with Gasteiger partial charge in [0.25, 0.3) is 0 Å². The van der Waals surface area contributed by atoms with E-state index in [2.05, 4.69) is 6.58 Å². The predicted octanol–water partition coefficient (Wildman–Crippen LogP) is 2.18. The van der Waals surface area contributed by atoms with Crippen LogP contribution in [0.2, 0.25) is 0 Å². The molecule has 0 unspecified atom stereocenters. The van der Waals surface area contributed by atoms with Gasteiger partial charge in [-0.1, -0.05) is 42.5 Å². The highest BCUT2D eigenvalue weighted by Crippen LogP contribution is 2.17. The first-order chi connectivity index (χ1) is 8.33. The Labute approximate surface area is 108 Å². The summed E-state index contributed by atoms with van der Waals surface area (Å²) in [6, 6.07) is 9.35. The number of hydrogen-bond donors (Lipinski definition) is 0. The molecule has 98 valence electrons. The van der Waals surface area contributed by atoms with Gasteiger partial charge in [0.1, 0.15) is 11.5 Å². The number of benzene rings is 1. The maximum Gasteiger partial charge on any atom is 0.164 e. The van der Waals surface area contributed by atoms with E-state index in [1.54, 1.807) is 6.92 Å². The van der Waals surface area contributed by atoms with Crippen molar-refractivity contribution >= 4 is 15.6 Å². The largest absolute Gasteiger partial charge is 0.299 e. The van der Waals surface area contributed by atoms with Crippen molar-refractivity contribution in [3.05, 3.63) is 48.0 Å². The number of carbonyl (C=O) groups is 1. The lowest BCUT2D eigenvalue weighted by atomic mass is 10.1. The molecule has 18 heavy (non-hydrogen) atoms. The summed E-state index contributed by atoms with van der Waals surface area (Å²) >= 11 is 0. The Morgan fingerprint density at radius 2 is 1.78 bits per heavy atom. The van der Waals surface area contributed by atoms with Gasteiger partial charge in [-0.2, -0.15) is 0 Å². The Kier molecular flexibility index (Phi) is 4.84. The summed E-state index contributed by atoms with van der Waals surface area (Å²) in [4.78, 5) is 11.0. The molecule has 0 aliphatic rings. The van der Waals surface area contributed by atoms with Crippen LogP contribution in [0.25, 0.3) is 0 Å². The summed E-state index contributed by atoms with van der Waals surface area (Å²) in [6.07, 6.45) is 0.367. The fourth-order valence-corrected chi connectivity index (χ4v) is 3.65. The second-order valence-electron chi connectivity index (χ2n) is 4.53. The normalized spacial score (nSPS) is 13.0. The molecule has 1 rings (SSSR count). The zero-order valence-electron chi connectivity index (χ0n) is 10.7. The molecule has 3 nitrogen and oxygen atoms in total. The van der Waals surface area contributed by atoms with Crippen LogP contribution in [0.5, 0.6) is 0 Å². The summed E-state index contributed by atoms with van der Waals surface area (Å²) in [6.45, 7) is 6.71. The molecule has 4 heteroatoms. The molecule has 0 bridgehead atoms. The lowest BCUT2D eigenvalue weighted by Gasteiger charge is -2.17. The molecular weight excluding hydrogens is 248 g/mol. The van der Waals surface area contributed by atoms with Gasteiger partial charge in [-0.25, -0.2) is 8.42 Å². The van der Waals surface area contributed by atoms with Crippen molar-refractivity contribution in [2.45, 2.75) is 25.5 Å². The number of ketones is 1. The van der Waals surface area contributed by atoms with E-state index in [4.69, 9.17) is 0 Å². The molecular formula is C14H18O3S. The fraction of sp³-hybridized carbons (Fsp3) is 0.357. The molecule has 0 radical (unpaired) electrons. The zero-order chi connectivity index (χ0) is 13.8. The Morgan fingerprint density at radius 3 is 2.22 bits per heavy atom. The number of hydrogen-bond acceptors (Lipinski definition) is 3. The van der Waals surface area contributed by atoms with Crippen LogP contribution in [0.3, 0.4) is 0 Å². The van der Waals surface area contributed by atoms with Crippen molar-refractivity contribution in [3.63, 3.8) is 0 Å². The first-order valence-electron chi connectivity index (χ1n) is 5.73. The molecule has 0 aliphatic carbocycles. The van der Waals surface area contributed by atoms with E-state index in [1.165, 1.54) is 6.92 Å². The molecule has 0 saturated heterocycles. The predicted molar refractivity (Wildman–Crippen MR) is 73.2 cm³/mol. The lowest BCUT2D eigenvalue weighted by molar-refractivity contribution is -0.114. The summed E-state index contributed by atoms with van der Waals surface area (Å²) in [5.41, 5.74) is 1.50. The van der Waals surface area contributed by atoms with Gasteiger partial charge in [0.15, 0.2) is 9.84 Å². The molecule has 0 amide bonds. The second kappa shape index (κ2) is 5.96. The van der Waals surface area contributed by atoms with E-state index in [1.807, 2.05) is 30.3 Å². The number of sulfone groups is 1. The third kappa shape index (κ3) is 4.11. The van der Waals surface area contributed by atoms with Gasteiger partial charge in [0, 0.05) is 0 Å². The second-order valence-corrected chi connectivity index (χ2v) is 6.72. The Hall–Kier alpha value is -1.42. The summed E-state index contributed by atoms with van der Waals surface area (Å²) in [5.74, 6) is -0.758. The number of carbonyl (C=O) groups excluding carboxylic acids is 1.